The van der Waals surface area contributed by atoms with Crippen LogP contribution in [0.5, 0.6) is 0 Å². The summed E-state index contributed by atoms with van der Waals surface area (Å²) in [5.74, 6) is -1.86. The predicted octanol–water partition coefficient (Wildman–Crippen LogP) is 5.11. The highest BCUT2D eigenvalue weighted by Gasteiger charge is 2.31. The van der Waals surface area contributed by atoms with Crippen LogP contribution in [0.3, 0.4) is 0 Å². The Balaban J connectivity index is 1.80. The van der Waals surface area contributed by atoms with E-state index >= 15 is 0 Å². The number of carboxylic acids is 2. The van der Waals surface area contributed by atoms with Crippen LogP contribution in [0.1, 0.15) is 67.2 Å². The molecule has 8 bridgehead atoms. The first-order chi connectivity index (χ1) is 20.8. The van der Waals surface area contributed by atoms with Crippen LogP contribution in [0.4, 0.5) is 0 Å². The molecule has 0 saturated carbocycles. The fraction of sp³-hybridized carbons (Fsp3) is 0.353. The zero-order valence-corrected chi connectivity index (χ0v) is 25.7. The summed E-state index contributed by atoms with van der Waals surface area (Å²) in [7, 11) is 0. The van der Waals surface area contributed by atoms with Crippen LogP contribution in [0.15, 0.2) is 112 Å². The number of carboxylic acid groups (broad SMARTS) is 2. The molecule has 44 heavy (non-hydrogen) atoms. The molecule has 5 heterocycles. The number of allylic oxidation sites excluding steroid dienone is 10. The molecular formula is C34H36N4O6. The molecule has 0 aromatic heterocycles. The Morgan fingerprint density at radius 1 is 0.568 bits per heavy atom. The minimum absolute atomic E-state index is 0.0869. The van der Waals surface area contributed by atoms with E-state index in [0.29, 0.717) is 56.8 Å². The Bertz CT molecular complexity index is 1780. The van der Waals surface area contributed by atoms with Crippen LogP contribution in [0.25, 0.3) is 0 Å². The van der Waals surface area contributed by atoms with Crippen molar-refractivity contribution in [3.8, 4) is 0 Å². The fourth-order valence-electron chi connectivity index (χ4n) is 6.15. The molecule has 0 fully saturated rings. The average Bonchev–Trinajstić information content (AvgIpc) is 3.59. The van der Waals surface area contributed by atoms with E-state index in [0.717, 1.165) is 33.4 Å². The first kappa shape index (κ1) is 30.9. The molecule has 0 saturated heterocycles. The summed E-state index contributed by atoms with van der Waals surface area (Å²) in [5.41, 5.74) is 10.6. The van der Waals surface area contributed by atoms with Gasteiger partial charge in [0.15, 0.2) is 0 Å². The minimum Gasteiger partial charge on any atom is -0.481 e. The second-order valence-electron chi connectivity index (χ2n) is 11.5. The lowest BCUT2D eigenvalue weighted by Crippen LogP contribution is -2.09. The summed E-state index contributed by atoms with van der Waals surface area (Å²) in [5, 5.41) is 40.4. The van der Waals surface area contributed by atoms with Gasteiger partial charge in [-0.3, -0.25) is 9.59 Å². The number of rotatable bonds is 8. The van der Waals surface area contributed by atoms with E-state index < -0.39 is 24.1 Å². The van der Waals surface area contributed by atoms with Gasteiger partial charge in [0.1, 0.15) is 0 Å². The number of carbonyl (C=O) groups is 2. The molecule has 0 aliphatic carbocycles. The molecule has 228 valence electrons. The lowest BCUT2D eigenvalue weighted by Gasteiger charge is -2.10. The molecule has 0 aromatic rings. The van der Waals surface area contributed by atoms with Gasteiger partial charge in [-0.1, -0.05) is 0 Å². The summed E-state index contributed by atoms with van der Waals surface area (Å²) in [6.45, 7) is 10.9. The number of fused-ring (bicyclic) bond motifs is 4. The molecule has 10 nitrogen and oxygen atoms in total. The maximum Gasteiger partial charge on any atom is 0.303 e. The molecule has 0 radical (unpaired) electrons. The van der Waals surface area contributed by atoms with Crippen LogP contribution in [0, 0.1) is 0 Å². The van der Waals surface area contributed by atoms with Crippen molar-refractivity contribution in [2.75, 3.05) is 0 Å². The van der Waals surface area contributed by atoms with Gasteiger partial charge in [-0.25, -0.2) is 20.0 Å². The van der Waals surface area contributed by atoms with Crippen molar-refractivity contribution in [3.63, 3.8) is 0 Å². The van der Waals surface area contributed by atoms with Gasteiger partial charge in [0.2, 0.25) is 0 Å². The lowest BCUT2D eigenvalue weighted by atomic mass is 9.95. The largest absolute Gasteiger partial charge is 0.481 e. The monoisotopic (exact) mass is 596 g/mol. The summed E-state index contributed by atoms with van der Waals surface area (Å²) in [4.78, 5) is 42.6. The highest BCUT2D eigenvalue weighted by Crippen LogP contribution is 2.38. The smallest absolute Gasteiger partial charge is 0.303 e. The lowest BCUT2D eigenvalue weighted by molar-refractivity contribution is -0.137. The van der Waals surface area contributed by atoms with Crippen molar-refractivity contribution >= 4 is 34.8 Å². The van der Waals surface area contributed by atoms with Gasteiger partial charge in [0.05, 0.1) is 57.8 Å². The van der Waals surface area contributed by atoms with Gasteiger partial charge in [0, 0.05) is 24.0 Å². The van der Waals surface area contributed by atoms with Crippen molar-refractivity contribution in [2.45, 2.75) is 79.4 Å². The minimum atomic E-state index is -0.931. The molecule has 5 aliphatic rings. The zero-order chi connectivity index (χ0) is 32.0. The Morgan fingerprint density at radius 3 is 1.43 bits per heavy atom. The highest BCUT2D eigenvalue weighted by molar-refractivity contribution is 6.20. The zero-order valence-electron chi connectivity index (χ0n) is 25.7. The van der Waals surface area contributed by atoms with Crippen LogP contribution >= 0.6 is 0 Å². The molecular weight excluding hydrogens is 560 g/mol. The summed E-state index contributed by atoms with van der Waals surface area (Å²) in [6.07, 6.45) is 5.93. The molecule has 0 aromatic carbocycles. The number of hydrogen-bond acceptors (Lipinski definition) is 8. The van der Waals surface area contributed by atoms with E-state index in [1.165, 1.54) is 0 Å². The summed E-state index contributed by atoms with van der Waals surface area (Å²) < 4.78 is 0. The van der Waals surface area contributed by atoms with Gasteiger partial charge in [-0.15, -0.1) is 0 Å². The quantitative estimate of drug-likeness (QED) is 0.304. The molecule has 5 aliphatic heterocycles. The van der Waals surface area contributed by atoms with E-state index in [1.54, 1.807) is 26.0 Å². The molecule has 4 N–H and O–H groups in total. The third kappa shape index (κ3) is 5.70. The van der Waals surface area contributed by atoms with Crippen molar-refractivity contribution < 1.29 is 30.0 Å². The Hall–Kier alpha value is -4.54. The van der Waals surface area contributed by atoms with Crippen LogP contribution < -0.4 is 0 Å². The molecule has 0 amide bonds. The second-order valence-corrected chi connectivity index (χ2v) is 11.5. The number of nitrogens with zero attached hydrogens (tertiary/aromatic N) is 4. The van der Waals surface area contributed by atoms with E-state index in [9.17, 15) is 30.0 Å². The van der Waals surface area contributed by atoms with Crippen molar-refractivity contribution in [1.29, 1.82) is 0 Å². The standard InChI is InChI=1S/C34H36N4O6/c1-15-21(7-9-31(41)42)27-14-28-22(8-10-32(43)44)16(2)24(36-28)12-29-34(20(6)40)18(4)26(38-29)13-30-33(19(5)39)17(3)25(37-30)11-23(15)35-27/h11-14,19-20,39-40H,7-10H2,1-6H3,(H,41,42)(H,43,44)/t19-,20-/m0/s1. The van der Waals surface area contributed by atoms with Gasteiger partial charge < -0.3 is 20.4 Å². The van der Waals surface area contributed by atoms with Gasteiger partial charge in [-0.2, -0.15) is 0 Å². The van der Waals surface area contributed by atoms with Gasteiger partial charge in [-0.05, 0) is 112 Å². The SMILES string of the molecule is CC1=C(CCC(=O)O)C2=CC3=NC(=CC4=NC(=CC5=NC(=CC1=N2)C([C@H](C)O)=C5C)C([C@H](C)O)=C4C)C(C)=C3CCC(=O)O. The van der Waals surface area contributed by atoms with Crippen molar-refractivity contribution in [3.05, 3.63) is 91.7 Å². The van der Waals surface area contributed by atoms with Gasteiger partial charge >= 0.3 is 11.9 Å². The molecule has 0 spiro atoms. The third-order valence-electron chi connectivity index (χ3n) is 8.49. The van der Waals surface area contributed by atoms with Crippen molar-refractivity contribution in [2.24, 2.45) is 20.0 Å². The Morgan fingerprint density at radius 2 is 0.955 bits per heavy atom. The number of aliphatic carboxylic acids is 2. The maximum absolute atomic E-state index is 11.5. The van der Waals surface area contributed by atoms with E-state index in [-0.39, 0.29) is 25.7 Å². The number of aliphatic imine (C=N–C) groups is 4. The van der Waals surface area contributed by atoms with Gasteiger partial charge in [0.25, 0.3) is 0 Å². The first-order valence-electron chi connectivity index (χ1n) is 14.6. The van der Waals surface area contributed by atoms with E-state index in [4.69, 9.17) is 20.0 Å². The highest BCUT2D eigenvalue weighted by atomic mass is 16.4. The normalized spacial score (nSPS) is 21.1. The second kappa shape index (κ2) is 11.9. The van der Waals surface area contributed by atoms with E-state index in [1.807, 2.05) is 39.8 Å². The predicted molar refractivity (Wildman–Crippen MR) is 170 cm³/mol. The molecule has 0 unspecified atom stereocenters. The number of aliphatic hydroxyl groups is 2. The topological polar surface area (TPSA) is 164 Å². The average molecular weight is 597 g/mol. The van der Waals surface area contributed by atoms with Crippen LogP contribution in [0.2, 0.25) is 0 Å². The third-order valence-corrected chi connectivity index (χ3v) is 8.49. The molecule has 10 heteroatoms. The number of aliphatic hydroxyl groups excluding tert-OH is 2. The van der Waals surface area contributed by atoms with Crippen LogP contribution in [-0.4, -0.2) is 67.4 Å². The fourth-order valence-corrected chi connectivity index (χ4v) is 6.15. The molecule has 2 atom stereocenters. The summed E-state index contributed by atoms with van der Waals surface area (Å²) >= 11 is 0. The first-order valence-corrected chi connectivity index (χ1v) is 14.6. The molecule has 5 rings (SSSR count). The summed E-state index contributed by atoms with van der Waals surface area (Å²) in [6, 6.07) is 0. The Kier molecular flexibility index (Phi) is 8.33. The van der Waals surface area contributed by atoms with Crippen LogP contribution in [-0.2, 0) is 9.59 Å². The Labute approximate surface area is 255 Å². The van der Waals surface area contributed by atoms with Crippen molar-refractivity contribution in [1.82, 2.24) is 0 Å². The maximum atomic E-state index is 11.5. The number of hydrogen-bond donors (Lipinski definition) is 4. The van der Waals surface area contributed by atoms with E-state index in [2.05, 4.69) is 0 Å².